The van der Waals surface area contributed by atoms with Gasteiger partial charge in [0.25, 0.3) is 0 Å². The zero-order valence-electron chi connectivity index (χ0n) is 11.8. The fraction of sp³-hybridized carbons (Fsp3) is 0.250. The van der Waals surface area contributed by atoms with Crippen LogP contribution in [0.25, 0.3) is 10.2 Å². The summed E-state index contributed by atoms with van der Waals surface area (Å²) in [5.41, 5.74) is 2.15. The smallest absolute Gasteiger partial charge is 0.226 e. The topological polar surface area (TPSA) is 42.0 Å². The van der Waals surface area contributed by atoms with Gasteiger partial charge in [0.2, 0.25) is 5.91 Å². The van der Waals surface area contributed by atoms with E-state index in [0.717, 1.165) is 23.1 Å². The third kappa shape index (κ3) is 3.68. The minimum absolute atomic E-state index is 0.0438. The maximum Gasteiger partial charge on any atom is 0.226 e. The van der Waals surface area contributed by atoms with Crippen LogP contribution >= 0.6 is 22.7 Å². The van der Waals surface area contributed by atoms with Crippen LogP contribution in [0.2, 0.25) is 0 Å². The number of thiazole rings is 1. The number of thiophene rings is 1. The van der Waals surface area contributed by atoms with E-state index in [9.17, 15) is 4.79 Å². The number of aromatic nitrogens is 1. The Kier molecular flexibility index (Phi) is 4.31. The molecule has 108 valence electrons. The monoisotopic (exact) mass is 316 g/mol. The molecule has 3 nitrogen and oxygen atoms in total. The van der Waals surface area contributed by atoms with E-state index in [0.29, 0.717) is 11.6 Å². The molecule has 0 saturated carbocycles. The Morgan fingerprint density at radius 2 is 2.24 bits per heavy atom. The van der Waals surface area contributed by atoms with Crippen molar-refractivity contribution in [2.45, 2.75) is 26.2 Å². The normalized spacial score (nSPS) is 10.9. The van der Waals surface area contributed by atoms with Gasteiger partial charge in [-0.1, -0.05) is 23.5 Å². The number of hydrogen-bond donors (Lipinski definition) is 1. The summed E-state index contributed by atoms with van der Waals surface area (Å²) in [6.07, 6.45) is 2.37. The highest BCUT2D eigenvalue weighted by Gasteiger charge is 2.08. The van der Waals surface area contributed by atoms with E-state index in [1.165, 1.54) is 21.8 Å². The first-order valence-electron chi connectivity index (χ1n) is 6.90. The fourth-order valence-corrected chi connectivity index (χ4v) is 3.88. The number of carbonyl (C=O) groups excluding carboxylic acids is 1. The molecule has 0 spiro atoms. The van der Waals surface area contributed by atoms with E-state index < -0.39 is 0 Å². The van der Waals surface area contributed by atoms with Crippen molar-refractivity contribution >= 4 is 43.9 Å². The second-order valence-electron chi connectivity index (χ2n) is 4.97. The highest BCUT2D eigenvalue weighted by molar-refractivity contribution is 7.22. The third-order valence-corrected chi connectivity index (χ3v) is 5.07. The molecule has 0 atom stereocenters. The minimum atomic E-state index is 0.0438. The lowest BCUT2D eigenvalue weighted by molar-refractivity contribution is -0.116. The second kappa shape index (κ2) is 6.37. The Morgan fingerprint density at radius 1 is 1.33 bits per heavy atom. The second-order valence-corrected chi connectivity index (χ2v) is 7.03. The highest BCUT2D eigenvalue weighted by Crippen LogP contribution is 2.26. The Labute approximate surface area is 131 Å². The van der Waals surface area contributed by atoms with E-state index in [2.05, 4.69) is 34.7 Å². The van der Waals surface area contributed by atoms with Crippen LogP contribution < -0.4 is 5.32 Å². The summed E-state index contributed by atoms with van der Waals surface area (Å²) in [5.74, 6) is 0.0438. The van der Waals surface area contributed by atoms with Gasteiger partial charge in [-0.15, -0.1) is 11.3 Å². The first kappa shape index (κ1) is 14.2. The van der Waals surface area contributed by atoms with E-state index in [1.807, 2.05) is 18.2 Å². The molecular formula is C16H16N2OS2. The summed E-state index contributed by atoms with van der Waals surface area (Å²) in [7, 11) is 0. The van der Waals surface area contributed by atoms with Gasteiger partial charge in [0.15, 0.2) is 5.13 Å². The number of hydrogen-bond acceptors (Lipinski definition) is 4. The van der Waals surface area contributed by atoms with Gasteiger partial charge in [0.05, 0.1) is 10.2 Å². The maximum absolute atomic E-state index is 11.9. The molecule has 2 heterocycles. The summed E-state index contributed by atoms with van der Waals surface area (Å²) in [6.45, 7) is 2.06. The van der Waals surface area contributed by atoms with Crippen molar-refractivity contribution in [1.82, 2.24) is 4.98 Å². The van der Waals surface area contributed by atoms with Crippen molar-refractivity contribution in [3.05, 3.63) is 46.2 Å². The Balaban J connectivity index is 1.55. The summed E-state index contributed by atoms with van der Waals surface area (Å²) >= 11 is 3.27. The fourth-order valence-electron chi connectivity index (χ4n) is 2.15. The summed E-state index contributed by atoms with van der Waals surface area (Å²) in [5, 5.41) is 5.66. The lowest BCUT2D eigenvalue weighted by Gasteiger charge is -2.00. The molecule has 0 aliphatic heterocycles. The molecule has 0 unspecified atom stereocenters. The third-order valence-electron chi connectivity index (χ3n) is 3.20. The van der Waals surface area contributed by atoms with Crippen LogP contribution in [-0.4, -0.2) is 10.9 Å². The van der Waals surface area contributed by atoms with E-state index >= 15 is 0 Å². The van der Waals surface area contributed by atoms with Crippen molar-refractivity contribution in [2.75, 3.05) is 5.32 Å². The van der Waals surface area contributed by atoms with Gasteiger partial charge < -0.3 is 5.32 Å². The van der Waals surface area contributed by atoms with Crippen LogP contribution in [0.5, 0.6) is 0 Å². The molecule has 0 bridgehead atoms. The van der Waals surface area contributed by atoms with Gasteiger partial charge in [-0.05, 0) is 48.9 Å². The van der Waals surface area contributed by atoms with E-state index in [-0.39, 0.29) is 5.91 Å². The summed E-state index contributed by atoms with van der Waals surface area (Å²) < 4.78 is 1.11. The number of nitrogens with zero attached hydrogens (tertiary/aromatic N) is 1. The average Bonchev–Trinajstić information content (AvgIpc) is 3.07. The van der Waals surface area contributed by atoms with Crippen LogP contribution in [0.4, 0.5) is 5.13 Å². The lowest BCUT2D eigenvalue weighted by Crippen LogP contribution is -2.11. The van der Waals surface area contributed by atoms with Gasteiger partial charge in [0, 0.05) is 11.3 Å². The number of nitrogens with one attached hydrogen (secondary N) is 1. The molecule has 21 heavy (non-hydrogen) atoms. The number of rotatable bonds is 5. The summed E-state index contributed by atoms with van der Waals surface area (Å²) in [4.78, 5) is 17.7. The van der Waals surface area contributed by atoms with Crippen molar-refractivity contribution in [3.63, 3.8) is 0 Å². The minimum Gasteiger partial charge on any atom is -0.302 e. The van der Waals surface area contributed by atoms with Crippen LogP contribution in [-0.2, 0) is 11.2 Å². The van der Waals surface area contributed by atoms with Crippen molar-refractivity contribution in [1.29, 1.82) is 0 Å². The van der Waals surface area contributed by atoms with Gasteiger partial charge in [0.1, 0.15) is 0 Å². The zero-order chi connectivity index (χ0) is 14.7. The number of amides is 1. The number of anilines is 1. The van der Waals surface area contributed by atoms with E-state index in [4.69, 9.17) is 0 Å². The van der Waals surface area contributed by atoms with Crippen LogP contribution in [0.1, 0.15) is 23.3 Å². The molecule has 3 rings (SSSR count). The number of fused-ring (bicyclic) bond motifs is 1. The molecule has 0 saturated heterocycles. The maximum atomic E-state index is 11.9. The van der Waals surface area contributed by atoms with Crippen LogP contribution in [0.15, 0.2) is 35.7 Å². The van der Waals surface area contributed by atoms with Gasteiger partial charge in [-0.25, -0.2) is 4.98 Å². The van der Waals surface area contributed by atoms with Gasteiger partial charge >= 0.3 is 0 Å². The van der Waals surface area contributed by atoms with Crippen molar-refractivity contribution in [3.8, 4) is 0 Å². The van der Waals surface area contributed by atoms with Gasteiger partial charge in [-0.3, -0.25) is 4.79 Å². The molecule has 0 aliphatic carbocycles. The van der Waals surface area contributed by atoms with E-state index in [1.54, 1.807) is 11.3 Å². The number of carbonyl (C=O) groups is 1. The molecule has 0 aliphatic rings. The predicted molar refractivity (Wildman–Crippen MR) is 90.2 cm³/mol. The molecular weight excluding hydrogens is 300 g/mol. The largest absolute Gasteiger partial charge is 0.302 e. The molecule has 1 amide bonds. The average molecular weight is 316 g/mol. The molecule has 3 aromatic rings. The van der Waals surface area contributed by atoms with Gasteiger partial charge in [-0.2, -0.15) is 0 Å². The molecule has 0 fully saturated rings. The first-order chi connectivity index (χ1) is 10.2. The Hall–Kier alpha value is -1.72. The number of aryl methyl sites for hydroxylation is 2. The quantitative estimate of drug-likeness (QED) is 0.746. The molecule has 0 radical (unpaired) electrons. The zero-order valence-corrected chi connectivity index (χ0v) is 13.4. The molecule has 1 N–H and O–H groups in total. The molecule has 1 aromatic carbocycles. The van der Waals surface area contributed by atoms with Crippen molar-refractivity contribution < 1.29 is 4.79 Å². The standard InChI is InChI=1S/C16H16N2OS2/c1-11-7-8-13-14(10-11)21-16(17-13)18-15(19)6-2-4-12-5-3-9-20-12/h3,5,7-10H,2,4,6H2,1H3,(H,17,18,19). The van der Waals surface area contributed by atoms with Crippen LogP contribution in [0, 0.1) is 6.92 Å². The highest BCUT2D eigenvalue weighted by atomic mass is 32.1. The predicted octanol–water partition coefficient (Wildman–Crippen LogP) is 4.63. The lowest BCUT2D eigenvalue weighted by atomic mass is 10.2. The Morgan fingerprint density at radius 3 is 3.05 bits per heavy atom. The van der Waals surface area contributed by atoms with Crippen LogP contribution in [0.3, 0.4) is 0 Å². The van der Waals surface area contributed by atoms with Crippen molar-refractivity contribution in [2.24, 2.45) is 0 Å². The summed E-state index contributed by atoms with van der Waals surface area (Å²) in [6, 6.07) is 10.3. The first-order valence-corrected chi connectivity index (χ1v) is 8.60. The number of benzene rings is 1. The SMILES string of the molecule is Cc1ccc2nc(NC(=O)CCCc3cccs3)sc2c1. The Bertz CT molecular complexity index is 747. The molecule has 2 aromatic heterocycles. The molecule has 5 heteroatoms.